The van der Waals surface area contributed by atoms with Crippen molar-refractivity contribution in [3.63, 3.8) is 0 Å². The Bertz CT molecular complexity index is 377. The van der Waals surface area contributed by atoms with Crippen LogP contribution in [0.1, 0.15) is 13.3 Å². The fourth-order valence-electron chi connectivity index (χ4n) is 1.23. The van der Waals surface area contributed by atoms with Crippen LogP contribution in [0.15, 0.2) is 30.3 Å². The van der Waals surface area contributed by atoms with E-state index in [1.54, 1.807) is 31.2 Å². The standard InChI is InChI=1S/C12H15NO4/c1-2-17-12(16)10(14)8-11(15)13-9-6-4-3-5-7-9/h3-7,10,14H,2,8H2,1H3,(H,13,15). The van der Waals surface area contributed by atoms with Gasteiger partial charge in [-0.2, -0.15) is 0 Å². The van der Waals surface area contributed by atoms with E-state index in [9.17, 15) is 14.7 Å². The maximum atomic E-state index is 11.5. The fraction of sp³-hybridized carbons (Fsp3) is 0.333. The number of hydrogen-bond donors (Lipinski definition) is 2. The lowest BCUT2D eigenvalue weighted by Gasteiger charge is -2.09. The van der Waals surface area contributed by atoms with Crippen molar-refractivity contribution in [1.82, 2.24) is 0 Å². The monoisotopic (exact) mass is 237 g/mol. The van der Waals surface area contributed by atoms with Gasteiger partial charge in [-0.3, -0.25) is 4.79 Å². The second kappa shape index (κ2) is 6.65. The van der Waals surface area contributed by atoms with Crippen LogP contribution >= 0.6 is 0 Å². The van der Waals surface area contributed by atoms with Gasteiger partial charge in [0.25, 0.3) is 0 Å². The van der Waals surface area contributed by atoms with Gasteiger partial charge in [0.2, 0.25) is 5.91 Å². The molecule has 2 N–H and O–H groups in total. The minimum atomic E-state index is -1.42. The molecule has 0 saturated carbocycles. The Labute approximate surface area is 99.4 Å². The molecule has 0 aliphatic carbocycles. The van der Waals surface area contributed by atoms with Crippen molar-refractivity contribution >= 4 is 17.6 Å². The van der Waals surface area contributed by atoms with Crippen LogP contribution in [0.25, 0.3) is 0 Å². The molecule has 1 rings (SSSR count). The zero-order chi connectivity index (χ0) is 12.7. The SMILES string of the molecule is CCOC(=O)C(O)CC(=O)Nc1ccccc1. The van der Waals surface area contributed by atoms with Crippen molar-refractivity contribution in [2.75, 3.05) is 11.9 Å². The summed E-state index contributed by atoms with van der Waals surface area (Å²) in [6, 6.07) is 8.81. The van der Waals surface area contributed by atoms with Crippen LogP contribution in [0.3, 0.4) is 0 Å². The molecule has 1 aromatic rings. The van der Waals surface area contributed by atoms with Crippen LogP contribution in [0.4, 0.5) is 5.69 Å². The number of benzene rings is 1. The van der Waals surface area contributed by atoms with Gasteiger partial charge < -0.3 is 15.2 Å². The van der Waals surface area contributed by atoms with Gasteiger partial charge in [-0.1, -0.05) is 18.2 Å². The quantitative estimate of drug-likeness (QED) is 0.747. The summed E-state index contributed by atoms with van der Waals surface area (Å²) in [4.78, 5) is 22.5. The van der Waals surface area contributed by atoms with Crippen LogP contribution in [-0.4, -0.2) is 29.7 Å². The molecule has 0 saturated heterocycles. The Morgan fingerprint density at radius 1 is 1.35 bits per heavy atom. The molecule has 1 atom stereocenters. The maximum Gasteiger partial charge on any atom is 0.335 e. The summed E-state index contributed by atoms with van der Waals surface area (Å²) in [6.07, 6.45) is -1.73. The summed E-state index contributed by atoms with van der Waals surface area (Å²) in [7, 11) is 0. The van der Waals surface area contributed by atoms with E-state index in [2.05, 4.69) is 10.1 Å². The van der Waals surface area contributed by atoms with Crippen molar-refractivity contribution in [2.24, 2.45) is 0 Å². The Morgan fingerprint density at radius 3 is 2.59 bits per heavy atom. The van der Waals surface area contributed by atoms with Gasteiger partial charge in [0.1, 0.15) is 0 Å². The van der Waals surface area contributed by atoms with Crippen LogP contribution < -0.4 is 5.32 Å². The predicted molar refractivity (Wildman–Crippen MR) is 62.3 cm³/mol. The highest BCUT2D eigenvalue weighted by molar-refractivity contribution is 5.93. The summed E-state index contributed by atoms with van der Waals surface area (Å²) in [5.41, 5.74) is 0.619. The molecule has 0 aromatic heterocycles. The fourth-order valence-corrected chi connectivity index (χ4v) is 1.23. The number of para-hydroxylation sites is 1. The topological polar surface area (TPSA) is 75.6 Å². The van der Waals surface area contributed by atoms with E-state index in [-0.39, 0.29) is 13.0 Å². The molecule has 0 aliphatic heterocycles. The Morgan fingerprint density at radius 2 is 2.00 bits per heavy atom. The van der Waals surface area contributed by atoms with Gasteiger partial charge in [-0.25, -0.2) is 4.79 Å². The van der Waals surface area contributed by atoms with Crippen LogP contribution in [0.5, 0.6) is 0 Å². The lowest BCUT2D eigenvalue weighted by atomic mass is 10.2. The zero-order valence-electron chi connectivity index (χ0n) is 9.55. The Kier molecular flexibility index (Phi) is 5.16. The lowest BCUT2D eigenvalue weighted by molar-refractivity contribution is -0.154. The molecule has 1 aromatic carbocycles. The van der Waals surface area contributed by atoms with Gasteiger partial charge in [0.05, 0.1) is 13.0 Å². The highest BCUT2D eigenvalue weighted by Gasteiger charge is 2.19. The molecule has 0 bridgehead atoms. The first-order valence-corrected chi connectivity index (χ1v) is 5.33. The maximum absolute atomic E-state index is 11.5. The van der Waals surface area contributed by atoms with E-state index in [4.69, 9.17) is 0 Å². The second-order valence-electron chi connectivity index (χ2n) is 3.39. The van der Waals surface area contributed by atoms with Gasteiger partial charge in [0, 0.05) is 5.69 Å². The van der Waals surface area contributed by atoms with Gasteiger partial charge in [-0.15, -0.1) is 0 Å². The molecule has 0 radical (unpaired) electrons. The molecule has 0 heterocycles. The van der Waals surface area contributed by atoms with E-state index in [0.29, 0.717) is 5.69 Å². The molecule has 0 fully saturated rings. The number of rotatable bonds is 5. The number of amides is 1. The summed E-state index contributed by atoms with van der Waals surface area (Å²) < 4.78 is 4.59. The number of anilines is 1. The molecule has 5 nitrogen and oxygen atoms in total. The van der Waals surface area contributed by atoms with Crippen molar-refractivity contribution in [3.8, 4) is 0 Å². The minimum Gasteiger partial charge on any atom is -0.464 e. The van der Waals surface area contributed by atoms with Crippen LogP contribution in [-0.2, 0) is 14.3 Å². The second-order valence-corrected chi connectivity index (χ2v) is 3.39. The van der Waals surface area contributed by atoms with Crippen molar-refractivity contribution in [3.05, 3.63) is 30.3 Å². The predicted octanol–water partition coefficient (Wildman–Crippen LogP) is 0.939. The number of carbonyl (C=O) groups excluding carboxylic acids is 2. The third-order valence-electron chi connectivity index (χ3n) is 1.99. The average molecular weight is 237 g/mol. The van der Waals surface area contributed by atoms with E-state index in [1.165, 1.54) is 0 Å². The summed E-state index contributed by atoms with van der Waals surface area (Å²) >= 11 is 0. The molecular formula is C12H15NO4. The van der Waals surface area contributed by atoms with E-state index >= 15 is 0 Å². The molecule has 1 unspecified atom stereocenters. The van der Waals surface area contributed by atoms with Gasteiger partial charge >= 0.3 is 5.97 Å². The zero-order valence-corrected chi connectivity index (χ0v) is 9.55. The molecule has 0 spiro atoms. The molecule has 17 heavy (non-hydrogen) atoms. The molecule has 0 aliphatic rings. The highest BCUT2D eigenvalue weighted by atomic mass is 16.5. The smallest absolute Gasteiger partial charge is 0.335 e. The van der Waals surface area contributed by atoms with Crippen molar-refractivity contribution < 1.29 is 19.4 Å². The van der Waals surface area contributed by atoms with Crippen molar-refractivity contribution in [1.29, 1.82) is 0 Å². The number of carbonyl (C=O) groups is 2. The normalized spacial score (nSPS) is 11.6. The van der Waals surface area contributed by atoms with Crippen LogP contribution in [0.2, 0.25) is 0 Å². The number of esters is 1. The minimum absolute atomic E-state index is 0.177. The molecule has 1 amide bonds. The van der Waals surface area contributed by atoms with E-state index in [0.717, 1.165) is 0 Å². The first kappa shape index (κ1) is 13.2. The van der Waals surface area contributed by atoms with Gasteiger partial charge in [0.15, 0.2) is 6.10 Å². The Hall–Kier alpha value is -1.88. The first-order valence-electron chi connectivity index (χ1n) is 5.33. The third kappa shape index (κ3) is 4.65. The number of nitrogens with one attached hydrogen (secondary N) is 1. The summed E-state index contributed by atoms with van der Waals surface area (Å²) in [6.45, 7) is 1.81. The lowest BCUT2D eigenvalue weighted by Crippen LogP contribution is -2.28. The number of hydrogen-bond acceptors (Lipinski definition) is 4. The molecule has 5 heteroatoms. The van der Waals surface area contributed by atoms with Crippen molar-refractivity contribution in [2.45, 2.75) is 19.4 Å². The highest BCUT2D eigenvalue weighted by Crippen LogP contribution is 2.06. The first-order chi connectivity index (χ1) is 8.13. The molecule has 92 valence electrons. The average Bonchev–Trinajstić information content (AvgIpc) is 2.30. The van der Waals surface area contributed by atoms with E-state index in [1.807, 2.05) is 6.07 Å². The largest absolute Gasteiger partial charge is 0.464 e. The Balaban J connectivity index is 2.42. The number of aliphatic hydroxyl groups excluding tert-OH is 1. The number of ether oxygens (including phenoxy) is 1. The van der Waals surface area contributed by atoms with Gasteiger partial charge in [-0.05, 0) is 19.1 Å². The van der Waals surface area contributed by atoms with Crippen LogP contribution in [0, 0.1) is 0 Å². The third-order valence-corrected chi connectivity index (χ3v) is 1.99. The van der Waals surface area contributed by atoms with E-state index < -0.39 is 18.0 Å². The number of aliphatic hydroxyl groups is 1. The summed E-state index contributed by atoms with van der Waals surface area (Å²) in [5, 5.41) is 11.9. The summed E-state index contributed by atoms with van der Waals surface area (Å²) in [5.74, 6) is -1.22. The molecular weight excluding hydrogens is 222 g/mol.